The maximum absolute atomic E-state index is 12.5. The van der Waals surface area contributed by atoms with Crippen molar-refractivity contribution in [2.45, 2.75) is 56.3 Å². The molecule has 30 heavy (non-hydrogen) atoms. The van der Waals surface area contributed by atoms with Crippen LogP contribution < -0.4 is 5.32 Å². The summed E-state index contributed by atoms with van der Waals surface area (Å²) in [5.74, 6) is 1.22. The lowest BCUT2D eigenvalue weighted by atomic mass is 9.98. The van der Waals surface area contributed by atoms with E-state index in [-0.39, 0.29) is 17.6 Å². The van der Waals surface area contributed by atoms with Crippen LogP contribution in [0.15, 0.2) is 35.5 Å². The number of nitrogens with one attached hydrogen (secondary N) is 1. The predicted octanol–water partition coefficient (Wildman–Crippen LogP) is 3.15. The number of nitriles is 1. The number of aromatic nitrogens is 3. The van der Waals surface area contributed by atoms with Crippen molar-refractivity contribution >= 4 is 17.7 Å². The summed E-state index contributed by atoms with van der Waals surface area (Å²) in [5, 5.41) is 22.0. The van der Waals surface area contributed by atoms with Crippen molar-refractivity contribution in [3.8, 4) is 11.8 Å². The first-order valence-electron chi connectivity index (χ1n) is 10.7. The summed E-state index contributed by atoms with van der Waals surface area (Å²) < 4.78 is 2.05. The fourth-order valence-corrected chi connectivity index (χ4v) is 4.76. The molecule has 2 fully saturated rings. The van der Waals surface area contributed by atoms with E-state index in [4.69, 9.17) is 0 Å². The molecule has 1 atom stereocenters. The topological polar surface area (TPSA) is 86.8 Å². The third-order valence-electron chi connectivity index (χ3n) is 5.89. The van der Waals surface area contributed by atoms with E-state index in [1.54, 1.807) is 0 Å². The number of piperidine rings is 1. The molecule has 1 aliphatic heterocycles. The highest BCUT2D eigenvalue weighted by Gasteiger charge is 2.43. The Balaban J connectivity index is 1.48. The van der Waals surface area contributed by atoms with Gasteiger partial charge in [-0.15, -0.1) is 10.2 Å². The summed E-state index contributed by atoms with van der Waals surface area (Å²) >= 11 is 1.37. The number of hydrogen-bond acceptors (Lipinski definition) is 6. The molecule has 0 radical (unpaired) electrons. The summed E-state index contributed by atoms with van der Waals surface area (Å²) in [7, 11) is 0. The highest BCUT2D eigenvalue weighted by Crippen LogP contribution is 2.39. The second kappa shape index (κ2) is 9.19. The molecule has 1 N–H and O–H groups in total. The number of amides is 1. The zero-order valence-electron chi connectivity index (χ0n) is 17.4. The van der Waals surface area contributed by atoms with Crippen molar-refractivity contribution in [2.24, 2.45) is 5.92 Å². The lowest BCUT2D eigenvalue weighted by Gasteiger charge is -2.26. The summed E-state index contributed by atoms with van der Waals surface area (Å²) in [6, 6.07) is 12.3. The van der Waals surface area contributed by atoms with Crippen LogP contribution in [0.1, 0.15) is 44.9 Å². The van der Waals surface area contributed by atoms with Gasteiger partial charge in [-0.1, -0.05) is 36.4 Å². The molecule has 4 rings (SSSR count). The Labute approximate surface area is 181 Å². The van der Waals surface area contributed by atoms with Crippen molar-refractivity contribution in [2.75, 3.05) is 18.8 Å². The monoisotopic (exact) mass is 424 g/mol. The SMILES string of the molecule is CC(C#N)(NC(=O)CSc1nnc(CN2CCCCC2)n1-c1ccccc1)C1CC1. The minimum Gasteiger partial charge on any atom is -0.337 e. The number of hydrogen-bond donors (Lipinski definition) is 1. The van der Waals surface area contributed by atoms with Gasteiger partial charge in [0.15, 0.2) is 11.0 Å². The maximum Gasteiger partial charge on any atom is 0.231 e. The highest BCUT2D eigenvalue weighted by atomic mass is 32.2. The molecule has 1 saturated carbocycles. The Kier molecular flexibility index (Phi) is 6.40. The third kappa shape index (κ3) is 4.85. The molecule has 1 saturated heterocycles. The van der Waals surface area contributed by atoms with Gasteiger partial charge in [-0.05, 0) is 63.7 Å². The summed E-state index contributed by atoms with van der Waals surface area (Å²) in [5.41, 5.74) is 0.224. The molecule has 158 valence electrons. The number of likely N-dealkylation sites (tertiary alicyclic amines) is 1. The molecule has 2 aromatic rings. The van der Waals surface area contributed by atoms with Gasteiger partial charge in [-0.25, -0.2) is 0 Å². The van der Waals surface area contributed by atoms with E-state index >= 15 is 0 Å². The highest BCUT2D eigenvalue weighted by molar-refractivity contribution is 7.99. The number of benzene rings is 1. The molecule has 1 aliphatic carbocycles. The molecule has 8 heteroatoms. The fourth-order valence-electron chi connectivity index (χ4n) is 3.99. The van der Waals surface area contributed by atoms with Gasteiger partial charge in [0.25, 0.3) is 0 Å². The van der Waals surface area contributed by atoms with Crippen LogP contribution in [0.25, 0.3) is 5.69 Å². The van der Waals surface area contributed by atoms with Gasteiger partial charge in [0.05, 0.1) is 18.4 Å². The van der Waals surface area contributed by atoms with Crippen LogP contribution in [0, 0.1) is 17.2 Å². The van der Waals surface area contributed by atoms with Gasteiger partial charge < -0.3 is 5.32 Å². The normalized spacial score (nSPS) is 19.1. The second-order valence-corrected chi connectivity index (χ2v) is 9.27. The van der Waals surface area contributed by atoms with Gasteiger partial charge >= 0.3 is 0 Å². The molecule has 2 heterocycles. The number of carbonyl (C=O) groups is 1. The number of thioether (sulfide) groups is 1. The first-order chi connectivity index (χ1) is 14.6. The predicted molar refractivity (Wildman–Crippen MR) is 116 cm³/mol. The van der Waals surface area contributed by atoms with E-state index in [0.717, 1.165) is 44.0 Å². The number of nitrogens with zero attached hydrogens (tertiary/aromatic N) is 5. The largest absolute Gasteiger partial charge is 0.337 e. The zero-order chi connectivity index (χ0) is 21.0. The fraction of sp³-hybridized carbons (Fsp3) is 0.545. The summed E-state index contributed by atoms with van der Waals surface area (Å²) in [6.07, 6.45) is 5.74. The molecular weight excluding hydrogens is 396 g/mol. The average Bonchev–Trinajstić information content (AvgIpc) is 3.56. The van der Waals surface area contributed by atoms with Gasteiger partial charge in [-0.2, -0.15) is 5.26 Å². The Morgan fingerprint density at radius 1 is 1.23 bits per heavy atom. The molecule has 0 spiro atoms. The quantitative estimate of drug-likeness (QED) is 0.655. The smallest absolute Gasteiger partial charge is 0.231 e. The van der Waals surface area contributed by atoms with Crippen molar-refractivity contribution < 1.29 is 4.79 Å². The molecular formula is C22H28N6OS. The van der Waals surface area contributed by atoms with Gasteiger partial charge in [0.2, 0.25) is 5.91 Å². The standard InChI is InChI=1S/C22H28N6OS/c1-22(16-23,17-10-11-17)24-20(29)15-30-21-26-25-19(14-27-12-6-3-7-13-27)28(21)18-8-4-2-5-9-18/h2,4-5,8-9,17H,3,6-7,10-15H2,1H3,(H,24,29). The summed E-state index contributed by atoms with van der Waals surface area (Å²) in [6.45, 7) is 4.74. The van der Waals surface area contributed by atoms with E-state index in [1.807, 2.05) is 37.3 Å². The van der Waals surface area contributed by atoms with E-state index in [1.165, 1.54) is 31.0 Å². The van der Waals surface area contributed by atoms with Crippen molar-refractivity contribution in [1.82, 2.24) is 25.0 Å². The lowest BCUT2D eigenvalue weighted by molar-refractivity contribution is -0.119. The first-order valence-corrected chi connectivity index (χ1v) is 11.6. The van der Waals surface area contributed by atoms with Crippen molar-refractivity contribution in [3.63, 3.8) is 0 Å². The van der Waals surface area contributed by atoms with Crippen molar-refractivity contribution in [1.29, 1.82) is 5.26 Å². The Hall–Kier alpha value is -2.37. The van der Waals surface area contributed by atoms with E-state index in [2.05, 4.69) is 31.1 Å². The number of para-hydroxylation sites is 1. The number of rotatable bonds is 8. The lowest BCUT2D eigenvalue weighted by Crippen LogP contribution is -2.47. The van der Waals surface area contributed by atoms with Crippen LogP contribution >= 0.6 is 11.8 Å². The van der Waals surface area contributed by atoms with Crippen molar-refractivity contribution in [3.05, 3.63) is 36.2 Å². The Bertz CT molecular complexity index is 913. The van der Waals surface area contributed by atoms with E-state index in [0.29, 0.717) is 5.16 Å². The second-order valence-electron chi connectivity index (χ2n) is 8.33. The first kappa shape index (κ1) is 20.9. The minimum atomic E-state index is -0.774. The molecule has 2 aliphatic rings. The third-order valence-corrected chi connectivity index (χ3v) is 6.81. The number of carbonyl (C=O) groups excluding carboxylic acids is 1. The van der Waals surface area contributed by atoms with Crippen LogP contribution in [0.2, 0.25) is 0 Å². The molecule has 1 aromatic carbocycles. The van der Waals surface area contributed by atoms with Crippen LogP contribution in [0.3, 0.4) is 0 Å². The molecule has 1 unspecified atom stereocenters. The van der Waals surface area contributed by atoms with Crippen LogP contribution in [-0.2, 0) is 11.3 Å². The maximum atomic E-state index is 12.5. The summed E-state index contributed by atoms with van der Waals surface area (Å²) in [4.78, 5) is 15.0. The average molecular weight is 425 g/mol. The molecule has 7 nitrogen and oxygen atoms in total. The zero-order valence-corrected chi connectivity index (χ0v) is 18.2. The van der Waals surface area contributed by atoms with Gasteiger partial charge in [-0.3, -0.25) is 14.3 Å². The van der Waals surface area contributed by atoms with Crippen LogP contribution in [0.4, 0.5) is 0 Å². The van der Waals surface area contributed by atoms with Gasteiger partial charge in [0.1, 0.15) is 5.54 Å². The Morgan fingerprint density at radius 3 is 2.63 bits per heavy atom. The van der Waals surface area contributed by atoms with E-state index in [9.17, 15) is 10.1 Å². The van der Waals surface area contributed by atoms with Gasteiger partial charge in [0, 0.05) is 5.69 Å². The Morgan fingerprint density at radius 2 is 1.97 bits per heavy atom. The van der Waals surface area contributed by atoms with Crippen LogP contribution in [-0.4, -0.2) is 50.0 Å². The van der Waals surface area contributed by atoms with Crippen LogP contribution in [0.5, 0.6) is 0 Å². The molecule has 1 aromatic heterocycles. The molecule has 1 amide bonds. The molecule has 0 bridgehead atoms. The minimum absolute atomic E-state index is 0.142. The van der Waals surface area contributed by atoms with E-state index < -0.39 is 5.54 Å².